The van der Waals surface area contributed by atoms with Crippen molar-refractivity contribution in [2.45, 2.75) is 13.3 Å². The van der Waals surface area contributed by atoms with Gasteiger partial charge in [-0.3, -0.25) is 0 Å². The third-order valence-corrected chi connectivity index (χ3v) is 5.57. The molecule has 0 saturated carbocycles. The fraction of sp³-hybridized carbons (Fsp3) is 0.200. The third-order valence-electron chi connectivity index (χ3n) is 5.35. The van der Waals surface area contributed by atoms with Crippen LogP contribution in [0, 0.1) is 17.2 Å². The van der Waals surface area contributed by atoms with Gasteiger partial charge in [-0.1, -0.05) is 42.3 Å². The molecule has 1 unspecified atom stereocenters. The minimum absolute atomic E-state index is 0.168. The maximum absolute atomic E-state index is 12.6. The summed E-state index contributed by atoms with van der Waals surface area (Å²) in [6, 6.07) is 16.3. The molecule has 1 aromatic carbocycles. The van der Waals surface area contributed by atoms with Gasteiger partial charge in [0.2, 0.25) is 5.88 Å². The molecule has 3 heterocycles. The summed E-state index contributed by atoms with van der Waals surface area (Å²) >= 11 is 5.88. The number of amides is 2. The summed E-state index contributed by atoms with van der Waals surface area (Å²) in [5, 5.41) is 12.2. The average molecular weight is 460 g/mol. The number of halogens is 1. The first-order valence-electron chi connectivity index (χ1n) is 10.5. The Bertz CT molecular complexity index is 1200. The van der Waals surface area contributed by atoms with Crippen molar-refractivity contribution >= 4 is 29.4 Å². The lowest BCUT2D eigenvalue weighted by atomic mass is 9.91. The lowest BCUT2D eigenvalue weighted by molar-refractivity contribution is 0.198. The number of hydrogen-bond donors (Lipinski definition) is 1. The second kappa shape index (κ2) is 10.2. The van der Waals surface area contributed by atoms with Gasteiger partial charge >= 0.3 is 6.03 Å². The molecule has 0 radical (unpaired) electrons. The molecule has 4 rings (SSSR count). The van der Waals surface area contributed by atoms with Gasteiger partial charge in [0, 0.05) is 25.4 Å². The molecule has 0 bridgehead atoms. The van der Waals surface area contributed by atoms with E-state index in [-0.39, 0.29) is 11.9 Å². The molecule has 7 nitrogen and oxygen atoms in total. The quantitative estimate of drug-likeness (QED) is 0.536. The Balaban J connectivity index is 1.38. The van der Waals surface area contributed by atoms with Crippen LogP contribution in [0.2, 0.25) is 5.02 Å². The zero-order valence-corrected chi connectivity index (χ0v) is 18.8. The van der Waals surface area contributed by atoms with E-state index in [2.05, 4.69) is 28.3 Å². The van der Waals surface area contributed by atoms with Gasteiger partial charge in [-0.05, 0) is 48.2 Å². The van der Waals surface area contributed by atoms with Crippen LogP contribution >= 0.6 is 11.6 Å². The van der Waals surface area contributed by atoms with E-state index in [4.69, 9.17) is 21.6 Å². The monoisotopic (exact) mass is 459 g/mol. The predicted molar refractivity (Wildman–Crippen MR) is 127 cm³/mol. The maximum atomic E-state index is 12.6. The number of hydrogen-bond acceptors (Lipinski definition) is 5. The summed E-state index contributed by atoms with van der Waals surface area (Å²) in [4.78, 5) is 22.6. The molecule has 33 heavy (non-hydrogen) atoms. The summed E-state index contributed by atoms with van der Waals surface area (Å²) < 4.78 is 5.83. The van der Waals surface area contributed by atoms with Crippen molar-refractivity contribution in [3.05, 3.63) is 82.8 Å². The number of nitrogens with one attached hydrogen (secondary N) is 1. The van der Waals surface area contributed by atoms with Crippen molar-refractivity contribution in [2.75, 3.05) is 18.4 Å². The first kappa shape index (κ1) is 22.3. The van der Waals surface area contributed by atoms with Gasteiger partial charge in [-0.2, -0.15) is 5.26 Å². The van der Waals surface area contributed by atoms with E-state index in [0.717, 1.165) is 12.0 Å². The summed E-state index contributed by atoms with van der Waals surface area (Å²) in [6.07, 6.45) is 5.98. The van der Waals surface area contributed by atoms with Crippen molar-refractivity contribution in [2.24, 2.45) is 5.92 Å². The van der Waals surface area contributed by atoms with Crippen LogP contribution in [0.4, 0.5) is 10.5 Å². The third kappa shape index (κ3) is 5.88. The molecule has 1 N–H and O–H groups in total. The van der Waals surface area contributed by atoms with Gasteiger partial charge in [-0.15, -0.1) is 0 Å². The number of nitriles is 1. The van der Waals surface area contributed by atoms with Crippen LogP contribution in [0.15, 0.2) is 66.5 Å². The number of carbonyl (C=O) groups excluding carboxylic acids is 1. The molecule has 1 fully saturated rings. The van der Waals surface area contributed by atoms with Gasteiger partial charge in [-0.25, -0.2) is 14.8 Å². The number of aromatic nitrogens is 2. The van der Waals surface area contributed by atoms with Gasteiger partial charge in [0.15, 0.2) is 0 Å². The Hall–Kier alpha value is -3.89. The van der Waals surface area contributed by atoms with Crippen molar-refractivity contribution in [1.29, 1.82) is 5.26 Å². The number of benzene rings is 1. The molecule has 8 heteroatoms. The molecule has 2 amide bonds. The molecule has 2 aromatic heterocycles. The van der Waals surface area contributed by atoms with Crippen molar-refractivity contribution < 1.29 is 9.53 Å². The molecule has 3 aromatic rings. The highest BCUT2D eigenvalue weighted by atomic mass is 35.5. The second-order valence-corrected chi connectivity index (χ2v) is 8.22. The van der Waals surface area contributed by atoms with E-state index in [9.17, 15) is 4.79 Å². The lowest BCUT2D eigenvalue weighted by Gasteiger charge is -2.33. The van der Waals surface area contributed by atoms with Gasteiger partial charge < -0.3 is 15.0 Å². The number of rotatable bonds is 4. The Labute approximate surface area is 197 Å². The number of urea groups is 1. The Kier molecular flexibility index (Phi) is 6.86. The van der Waals surface area contributed by atoms with Gasteiger partial charge in [0.25, 0.3) is 0 Å². The predicted octanol–water partition coefficient (Wildman–Crippen LogP) is 5.75. The first-order valence-corrected chi connectivity index (χ1v) is 10.9. The number of carbonyl (C=O) groups is 1. The normalized spacial score (nSPS) is 16.8. The van der Waals surface area contributed by atoms with E-state index >= 15 is 0 Å². The minimum atomic E-state index is -0.168. The zero-order valence-electron chi connectivity index (χ0n) is 18.0. The largest absolute Gasteiger partial charge is 0.439 e. The fourth-order valence-electron chi connectivity index (χ4n) is 3.61. The molecule has 1 atom stereocenters. The number of likely N-dealkylation sites (tertiary alicyclic amines) is 1. The standard InChI is InChI=1S/C25H22ClN5O2/c1-17-16-31(25(32)30-22-7-6-21(13-27)28-15-22)10-9-19(17)11-18-3-2-4-23(12-18)33-24-8-5-20(26)14-29-24/h2-8,11-12,14-15,17H,9-10,16H2,1H3,(H,30,32)/b19-11+. The van der Waals surface area contributed by atoms with E-state index < -0.39 is 0 Å². The number of nitrogens with zero attached hydrogens (tertiary/aromatic N) is 4. The van der Waals surface area contributed by atoms with Crippen LogP contribution < -0.4 is 10.1 Å². The van der Waals surface area contributed by atoms with Crippen molar-refractivity contribution in [3.63, 3.8) is 0 Å². The van der Waals surface area contributed by atoms with Crippen LogP contribution in [0.25, 0.3) is 6.08 Å². The molecule has 166 valence electrons. The minimum Gasteiger partial charge on any atom is -0.439 e. The van der Waals surface area contributed by atoms with Crippen LogP contribution in [-0.2, 0) is 0 Å². The fourth-order valence-corrected chi connectivity index (χ4v) is 3.72. The van der Waals surface area contributed by atoms with Crippen LogP contribution in [0.3, 0.4) is 0 Å². The molecule has 1 aliphatic rings. The Morgan fingerprint density at radius 3 is 2.82 bits per heavy atom. The molecule has 1 saturated heterocycles. The molecular formula is C25H22ClN5O2. The van der Waals surface area contributed by atoms with Crippen molar-refractivity contribution in [1.82, 2.24) is 14.9 Å². The Morgan fingerprint density at radius 2 is 2.12 bits per heavy atom. The summed E-state index contributed by atoms with van der Waals surface area (Å²) in [5.41, 5.74) is 3.19. The van der Waals surface area contributed by atoms with E-state index in [1.54, 1.807) is 35.4 Å². The molecule has 1 aliphatic heterocycles. The number of ether oxygens (including phenoxy) is 1. The molecule has 0 aliphatic carbocycles. The summed E-state index contributed by atoms with van der Waals surface area (Å²) in [6.45, 7) is 3.36. The van der Waals surface area contributed by atoms with Crippen molar-refractivity contribution in [3.8, 4) is 17.7 Å². The molecule has 0 spiro atoms. The zero-order chi connectivity index (χ0) is 23.2. The topological polar surface area (TPSA) is 91.1 Å². The van der Waals surface area contributed by atoms with Crippen LogP contribution in [-0.4, -0.2) is 34.0 Å². The second-order valence-electron chi connectivity index (χ2n) is 7.78. The number of piperidine rings is 1. The van der Waals surface area contributed by atoms with Gasteiger partial charge in [0.1, 0.15) is 17.5 Å². The summed E-state index contributed by atoms with van der Waals surface area (Å²) in [5.74, 6) is 1.39. The van der Waals surface area contributed by atoms with E-state index in [1.165, 1.54) is 11.8 Å². The first-order chi connectivity index (χ1) is 16.0. The Morgan fingerprint density at radius 1 is 1.24 bits per heavy atom. The highest BCUT2D eigenvalue weighted by Gasteiger charge is 2.24. The highest BCUT2D eigenvalue weighted by Crippen LogP contribution is 2.27. The number of anilines is 1. The van der Waals surface area contributed by atoms with E-state index in [1.807, 2.05) is 30.3 Å². The van der Waals surface area contributed by atoms with Gasteiger partial charge in [0.05, 0.1) is 16.9 Å². The smallest absolute Gasteiger partial charge is 0.321 e. The lowest BCUT2D eigenvalue weighted by Crippen LogP contribution is -2.42. The SMILES string of the molecule is CC1CN(C(=O)Nc2ccc(C#N)nc2)CC/C1=C\c1cccc(Oc2ccc(Cl)cn2)c1. The number of pyridine rings is 2. The van der Waals surface area contributed by atoms with E-state index in [0.29, 0.717) is 41.1 Å². The van der Waals surface area contributed by atoms with Crippen LogP contribution in [0.5, 0.6) is 11.6 Å². The van der Waals surface area contributed by atoms with Crippen LogP contribution in [0.1, 0.15) is 24.6 Å². The highest BCUT2D eigenvalue weighted by molar-refractivity contribution is 6.30. The molecular weight excluding hydrogens is 438 g/mol. The summed E-state index contributed by atoms with van der Waals surface area (Å²) in [7, 11) is 0. The average Bonchev–Trinajstić information content (AvgIpc) is 2.82. The maximum Gasteiger partial charge on any atom is 0.321 e.